The van der Waals surface area contributed by atoms with Crippen LogP contribution in [-0.2, 0) is 14.8 Å². The highest BCUT2D eigenvalue weighted by atomic mass is 79.9. The van der Waals surface area contributed by atoms with Crippen molar-refractivity contribution in [2.75, 3.05) is 52.9 Å². The minimum atomic E-state index is -3.63. The summed E-state index contributed by atoms with van der Waals surface area (Å²) in [5.74, 6) is 0.261. The Balaban J connectivity index is 1.48. The number of ether oxygens (including phenoxy) is 1. The number of nitrogens with zero attached hydrogens (tertiary/aromatic N) is 3. The predicted octanol–water partition coefficient (Wildman–Crippen LogP) is 3.60. The van der Waals surface area contributed by atoms with E-state index in [9.17, 15) is 17.6 Å². The van der Waals surface area contributed by atoms with Crippen LogP contribution in [0.2, 0.25) is 0 Å². The minimum Gasteiger partial charge on any atom is -0.493 e. The molecule has 0 N–H and O–H groups in total. The Morgan fingerprint density at radius 2 is 1.57 bits per heavy atom. The first-order valence-electron chi connectivity index (χ1n) is 11.8. The molecule has 0 spiro atoms. The Hall–Kier alpha value is -2.01. The van der Waals surface area contributed by atoms with Crippen molar-refractivity contribution in [3.63, 3.8) is 0 Å². The van der Waals surface area contributed by atoms with Gasteiger partial charge in [-0.15, -0.1) is 0 Å². The number of sulfonamides is 1. The lowest BCUT2D eigenvalue weighted by molar-refractivity contribution is -0.136. The lowest BCUT2D eigenvalue weighted by Gasteiger charge is -2.42. The summed E-state index contributed by atoms with van der Waals surface area (Å²) in [6, 6.07) is 12.4. The molecule has 0 unspecified atom stereocenters. The molecule has 2 aliphatic rings. The normalized spacial score (nSPS) is 19.5. The molecule has 2 saturated heterocycles. The molecule has 0 atom stereocenters. The highest BCUT2D eigenvalue weighted by Gasteiger charge is 2.41. The van der Waals surface area contributed by atoms with Gasteiger partial charge in [0, 0.05) is 55.6 Å². The SMILES string of the molecule is CN1CCN(C(=O)CC2(COc3ccc(F)cc3)CCN(S(=O)(=O)c3ccc(Br)cc3)CC2)CC1. The molecular formula is C25H31BrFN3O4S. The second-order valence-electron chi connectivity index (χ2n) is 9.46. The lowest BCUT2D eigenvalue weighted by Crippen LogP contribution is -2.51. The van der Waals surface area contributed by atoms with Crippen LogP contribution in [0.25, 0.3) is 0 Å². The number of carbonyl (C=O) groups excluding carboxylic acids is 1. The standard InChI is InChI=1S/C25H31BrFN3O4S/c1-28-14-16-29(17-15-28)24(31)18-25(19-34-22-6-4-21(27)5-7-22)10-12-30(13-11-25)35(32,33)23-8-2-20(26)3-9-23/h2-9H,10-19H2,1H3. The van der Waals surface area contributed by atoms with Crippen molar-refractivity contribution in [1.82, 2.24) is 14.1 Å². The van der Waals surface area contributed by atoms with Gasteiger partial charge in [0.05, 0.1) is 11.5 Å². The Bertz CT molecular complexity index is 1110. The maximum Gasteiger partial charge on any atom is 0.243 e. The molecule has 0 aromatic heterocycles. The van der Waals surface area contributed by atoms with Gasteiger partial charge in [-0.3, -0.25) is 4.79 Å². The van der Waals surface area contributed by atoms with E-state index in [-0.39, 0.29) is 23.2 Å². The molecule has 2 aromatic carbocycles. The van der Waals surface area contributed by atoms with E-state index in [4.69, 9.17) is 4.74 Å². The first-order valence-corrected chi connectivity index (χ1v) is 14.0. The smallest absolute Gasteiger partial charge is 0.243 e. The number of carbonyl (C=O) groups is 1. The zero-order valence-corrected chi connectivity index (χ0v) is 22.2. The fourth-order valence-electron chi connectivity index (χ4n) is 4.58. The number of amides is 1. The highest BCUT2D eigenvalue weighted by Crippen LogP contribution is 2.38. The second-order valence-corrected chi connectivity index (χ2v) is 12.3. The average molecular weight is 569 g/mol. The molecule has 0 radical (unpaired) electrons. The first kappa shape index (κ1) is 26.1. The van der Waals surface area contributed by atoms with Gasteiger partial charge in [-0.05, 0) is 68.4 Å². The van der Waals surface area contributed by atoms with Crippen molar-refractivity contribution in [3.05, 3.63) is 58.8 Å². The van der Waals surface area contributed by atoms with Gasteiger partial charge in [-0.25, -0.2) is 12.8 Å². The summed E-state index contributed by atoms with van der Waals surface area (Å²) in [7, 11) is -1.58. The van der Waals surface area contributed by atoms with Crippen molar-refractivity contribution in [2.45, 2.75) is 24.2 Å². The van der Waals surface area contributed by atoms with Crippen LogP contribution in [0.4, 0.5) is 4.39 Å². The molecule has 35 heavy (non-hydrogen) atoms. The zero-order chi connectivity index (χ0) is 25.1. The summed E-state index contributed by atoms with van der Waals surface area (Å²) in [4.78, 5) is 17.6. The fourth-order valence-corrected chi connectivity index (χ4v) is 6.29. The van der Waals surface area contributed by atoms with Crippen molar-refractivity contribution in [2.24, 2.45) is 5.41 Å². The summed E-state index contributed by atoms with van der Waals surface area (Å²) >= 11 is 3.34. The van der Waals surface area contributed by atoms with E-state index < -0.39 is 15.4 Å². The third-order valence-corrected chi connectivity index (χ3v) is 9.42. The van der Waals surface area contributed by atoms with Crippen LogP contribution in [0.3, 0.4) is 0 Å². The van der Waals surface area contributed by atoms with E-state index in [1.807, 2.05) is 11.9 Å². The van der Waals surface area contributed by atoms with E-state index in [0.717, 1.165) is 17.6 Å². The molecule has 7 nitrogen and oxygen atoms in total. The van der Waals surface area contributed by atoms with Gasteiger partial charge in [0.1, 0.15) is 11.6 Å². The van der Waals surface area contributed by atoms with E-state index in [2.05, 4.69) is 20.8 Å². The molecular weight excluding hydrogens is 537 g/mol. The van der Waals surface area contributed by atoms with E-state index in [1.165, 1.54) is 16.4 Å². The monoisotopic (exact) mass is 567 g/mol. The van der Waals surface area contributed by atoms with Gasteiger partial charge in [0.15, 0.2) is 0 Å². The Morgan fingerprint density at radius 3 is 2.17 bits per heavy atom. The molecule has 0 aliphatic carbocycles. The van der Waals surface area contributed by atoms with Crippen LogP contribution < -0.4 is 4.74 Å². The van der Waals surface area contributed by atoms with Crippen LogP contribution in [0, 0.1) is 11.2 Å². The maximum absolute atomic E-state index is 13.3. The van der Waals surface area contributed by atoms with Gasteiger partial charge in [-0.2, -0.15) is 4.31 Å². The fraction of sp³-hybridized carbons (Fsp3) is 0.480. The first-order chi connectivity index (χ1) is 16.7. The largest absolute Gasteiger partial charge is 0.493 e. The lowest BCUT2D eigenvalue weighted by atomic mass is 9.76. The number of benzene rings is 2. The molecule has 2 aliphatic heterocycles. The van der Waals surface area contributed by atoms with E-state index in [1.54, 1.807) is 36.4 Å². The molecule has 10 heteroatoms. The van der Waals surface area contributed by atoms with Crippen molar-refractivity contribution in [3.8, 4) is 5.75 Å². The summed E-state index contributed by atoms with van der Waals surface area (Å²) in [5, 5.41) is 0. The van der Waals surface area contributed by atoms with Gasteiger partial charge in [-0.1, -0.05) is 15.9 Å². The second kappa shape index (κ2) is 10.9. The Morgan fingerprint density at radius 1 is 0.971 bits per heavy atom. The summed E-state index contributed by atoms with van der Waals surface area (Å²) in [6.07, 6.45) is 1.30. The third-order valence-electron chi connectivity index (χ3n) is 6.98. The minimum absolute atomic E-state index is 0.0741. The van der Waals surface area contributed by atoms with Crippen LogP contribution in [0.1, 0.15) is 19.3 Å². The number of piperazine rings is 1. The van der Waals surface area contributed by atoms with Crippen LogP contribution in [-0.4, -0.2) is 81.4 Å². The molecule has 2 heterocycles. The average Bonchev–Trinajstić information content (AvgIpc) is 2.85. The maximum atomic E-state index is 13.3. The van der Waals surface area contributed by atoms with Gasteiger partial charge in [0.2, 0.25) is 15.9 Å². The molecule has 4 rings (SSSR count). The number of halogens is 2. The molecule has 0 bridgehead atoms. The van der Waals surface area contributed by atoms with Crippen molar-refractivity contribution in [1.29, 1.82) is 0 Å². The van der Waals surface area contributed by atoms with E-state index in [0.29, 0.717) is 51.2 Å². The Kier molecular flexibility index (Phi) is 8.15. The van der Waals surface area contributed by atoms with E-state index >= 15 is 0 Å². The number of piperidine rings is 1. The highest BCUT2D eigenvalue weighted by molar-refractivity contribution is 9.10. The van der Waals surface area contributed by atoms with Crippen LogP contribution in [0.5, 0.6) is 5.75 Å². The van der Waals surface area contributed by atoms with Crippen molar-refractivity contribution < 1.29 is 22.3 Å². The molecule has 2 aromatic rings. The zero-order valence-electron chi connectivity index (χ0n) is 19.8. The quantitative estimate of drug-likeness (QED) is 0.511. The molecule has 2 fully saturated rings. The number of likely N-dealkylation sites (N-methyl/N-ethyl adjacent to an activating group) is 1. The van der Waals surface area contributed by atoms with Crippen LogP contribution >= 0.6 is 15.9 Å². The third kappa shape index (κ3) is 6.41. The summed E-state index contributed by atoms with van der Waals surface area (Å²) in [6.45, 7) is 3.93. The number of hydrogen-bond donors (Lipinski definition) is 0. The van der Waals surface area contributed by atoms with Gasteiger partial charge in [0.25, 0.3) is 0 Å². The van der Waals surface area contributed by atoms with Crippen molar-refractivity contribution >= 4 is 31.9 Å². The topological polar surface area (TPSA) is 70.2 Å². The predicted molar refractivity (Wildman–Crippen MR) is 135 cm³/mol. The Labute approximate surface area is 215 Å². The molecule has 190 valence electrons. The molecule has 0 saturated carbocycles. The van der Waals surface area contributed by atoms with Gasteiger partial charge < -0.3 is 14.5 Å². The molecule has 1 amide bonds. The summed E-state index contributed by atoms with van der Waals surface area (Å²) < 4.78 is 48.0. The summed E-state index contributed by atoms with van der Waals surface area (Å²) in [5.41, 5.74) is -0.499. The number of rotatable bonds is 7. The van der Waals surface area contributed by atoms with Gasteiger partial charge >= 0.3 is 0 Å². The van der Waals surface area contributed by atoms with Crippen LogP contribution in [0.15, 0.2) is 57.9 Å². The number of hydrogen-bond acceptors (Lipinski definition) is 5.